The second-order valence-corrected chi connectivity index (χ2v) is 9.77. The van der Waals surface area contributed by atoms with Gasteiger partial charge in [0.25, 0.3) is 15.9 Å². The van der Waals surface area contributed by atoms with Crippen LogP contribution in [0.5, 0.6) is 0 Å². The Hall–Kier alpha value is -3.92. The maximum Gasteiger partial charge on any atom is 0.291 e. The summed E-state index contributed by atoms with van der Waals surface area (Å²) in [6.07, 6.45) is 1.42. The van der Waals surface area contributed by atoms with Gasteiger partial charge in [0.05, 0.1) is 11.2 Å². The van der Waals surface area contributed by atoms with Crippen LogP contribution in [0, 0.1) is 5.92 Å². The first-order valence-electron chi connectivity index (χ1n) is 10.7. The third-order valence-electron chi connectivity index (χ3n) is 5.23. The topological polar surface area (TPSA) is 130 Å². The van der Waals surface area contributed by atoms with E-state index in [-0.39, 0.29) is 40.8 Å². The van der Waals surface area contributed by atoms with Crippen LogP contribution in [0.1, 0.15) is 35.5 Å². The summed E-state index contributed by atoms with van der Waals surface area (Å²) >= 11 is 0. The molecule has 1 aliphatic heterocycles. The van der Waals surface area contributed by atoms with Crippen LogP contribution in [0.2, 0.25) is 0 Å². The first kappa shape index (κ1) is 23.2. The Morgan fingerprint density at radius 2 is 1.85 bits per heavy atom. The van der Waals surface area contributed by atoms with Crippen molar-refractivity contribution in [1.82, 2.24) is 10.0 Å². The Morgan fingerprint density at radius 1 is 1.06 bits per heavy atom. The fourth-order valence-electron chi connectivity index (χ4n) is 3.53. The largest absolute Gasteiger partial charge is 0.459 e. The number of amidine groups is 1. The third-order valence-corrected chi connectivity index (χ3v) is 6.62. The van der Waals surface area contributed by atoms with Gasteiger partial charge in [-0.05, 0) is 47.9 Å². The zero-order valence-electron chi connectivity index (χ0n) is 18.6. The lowest BCUT2D eigenvalue weighted by Gasteiger charge is -2.17. The third kappa shape index (κ3) is 5.01. The van der Waals surface area contributed by atoms with Crippen LogP contribution in [0.25, 0.3) is 0 Å². The second kappa shape index (κ2) is 9.52. The molecular weight excluding hydrogens is 456 g/mol. The van der Waals surface area contributed by atoms with Gasteiger partial charge in [0.1, 0.15) is 11.9 Å². The number of amides is 2. The van der Waals surface area contributed by atoms with E-state index in [2.05, 4.69) is 20.3 Å². The van der Waals surface area contributed by atoms with E-state index in [0.29, 0.717) is 11.3 Å². The lowest BCUT2D eigenvalue weighted by Crippen LogP contribution is -2.38. The quantitative estimate of drug-likeness (QED) is 0.479. The van der Waals surface area contributed by atoms with Crippen molar-refractivity contribution in [3.05, 3.63) is 83.8 Å². The summed E-state index contributed by atoms with van der Waals surface area (Å²) in [5.41, 5.74) is 1.78. The van der Waals surface area contributed by atoms with E-state index in [9.17, 15) is 18.0 Å². The molecule has 2 aromatic carbocycles. The molecule has 176 valence electrons. The number of furan rings is 1. The van der Waals surface area contributed by atoms with Gasteiger partial charge in [-0.1, -0.05) is 38.1 Å². The summed E-state index contributed by atoms with van der Waals surface area (Å²) in [6, 6.07) is 16.0. The van der Waals surface area contributed by atoms with Gasteiger partial charge in [0.15, 0.2) is 5.76 Å². The van der Waals surface area contributed by atoms with Gasteiger partial charge in [-0.3, -0.25) is 19.3 Å². The predicted molar refractivity (Wildman–Crippen MR) is 127 cm³/mol. The molecule has 2 amide bonds. The van der Waals surface area contributed by atoms with Crippen LogP contribution in [-0.4, -0.2) is 32.1 Å². The number of carbonyl (C=O) groups excluding carboxylic acids is 2. The summed E-state index contributed by atoms with van der Waals surface area (Å²) in [6.45, 7) is 3.89. The zero-order chi connectivity index (χ0) is 24.3. The Bertz CT molecular complexity index is 1350. The molecule has 10 heteroatoms. The number of anilines is 1. The lowest BCUT2D eigenvalue weighted by molar-refractivity contribution is -0.123. The van der Waals surface area contributed by atoms with Gasteiger partial charge in [0.2, 0.25) is 5.91 Å². The van der Waals surface area contributed by atoms with E-state index in [4.69, 9.17) is 4.42 Å². The van der Waals surface area contributed by atoms with E-state index in [1.165, 1.54) is 12.3 Å². The summed E-state index contributed by atoms with van der Waals surface area (Å²) in [7, 11) is -3.69. The van der Waals surface area contributed by atoms with Gasteiger partial charge < -0.3 is 15.1 Å². The van der Waals surface area contributed by atoms with Crippen molar-refractivity contribution in [3.8, 4) is 0 Å². The second-order valence-electron chi connectivity index (χ2n) is 8.12. The summed E-state index contributed by atoms with van der Waals surface area (Å²) in [5, 5.41) is 5.60. The lowest BCUT2D eigenvalue weighted by atomic mass is 10.0. The first-order chi connectivity index (χ1) is 16.2. The van der Waals surface area contributed by atoms with Crippen molar-refractivity contribution in [2.75, 3.05) is 5.32 Å². The summed E-state index contributed by atoms with van der Waals surface area (Å²) in [5.74, 6) is -0.533. The Morgan fingerprint density at radius 3 is 2.59 bits per heavy atom. The minimum Gasteiger partial charge on any atom is -0.459 e. The molecule has 1 aromatic heterocycles. The SMILES string of the molecule is CC(C)[C@H](N=C1NS(=O)(=O)c2ccccc21)C(=O)NCc1cccc(NC(=O)c2ccco2)c1. The molecule has 0 unspecified atom stereocenters. The van der Waals surface area contributed by atoms with Crippen molar-refractivity contribution in [3.63, 3.8) is 0 Å². The van der Waals surface area contributed by atoms with Gasteiger partial charge >= 0.3 is 0 Å². The molecule has 0 radical (unpaired) electrons. The molecule has 0 bridgehead atoms. The maximum atomic E-state index is 13.0. The maximum absolute atomic E-state index is 13.0. The van der Waals surface area contributed by atoms with Crippen molar-refractivity contribution < 1.29 is 22.4 Å². The smallest absolute Gasteiger partial charge is 0.291 e. The molecule has 0 spiro atoms. The number of aliphatic imine (C=N–C) groups is 1. The fraction of sp³-hybridized carbons (Fsp3) is 0.208. The minimum absolute atomic E-state index is 0.144. The van der Waals surface area contributed by atoms with E-state index in [1.807, 2.05) is 19.9 Å². The van der Waals surface area contributed by atoms with Crippen LogP contribution in [0.3, 0.4) is 0 Å². The predicted octanol–water partition coefficient (Wildman–Crippen LogP) is 2.91. The molecule has 0 aliphatic carbocycles. The average molecular weight is 481 g/mol. The Balaban J connectivity index is 1.45. The highest BCUT2D eigenvalue weighted by molar-refractivity contribution is 7.90. The molecule has 4 rings (SSSR count). The molecule has 1 atom stereocenters. The highest BCUT2D eigenvalue weighted by atomic mass is 32.2. The highest BCUT2D eigenvalue weighted by Crippen LogP contribution is 2.23. The Kier molecular flexibility index (Phi) is 6.51. The number of rotatable bonds is 7. The van der Waals surface area contributed by atoms with Crippen molar-refractivity contribution in [2.45, 2.75) is 31.3 Å². The first-order valence-corrected chi connectivity index (χ1v) is 12.1. The molecule has 3 aromatic rings. The van der Waals surface area contributed by atoms with Crippen LogP contribution < -0.4 is 15.4 Å². The number of nitrogens with one attached hydrogen (secondary N) is 3. The van der Waals surface area contributed by atoms with E-state index in [1.54, 1.807) is 48.5 Å². The fourth-order valence-corrected chi connectivity index (χ4v) is 4.77. The van der Waals surface area contributed by atoms with Crippen molar-refractivity contribution in [2.24, 2.45) is 10.9 Å². The zero-order valence-corrected chi connectivity index (χ0v) is 19.4. The standard InChI is InChI=1S/C24H24N4O5S/c1-15(2)21(27-22-18-9-3-4-11-20(18)34(31,32)28-22)24(30)25-14-16-7-5-8-17(13-16)26-23(29)19-10-6-12-33-19/h3-13,15,21H,14H2,1-2H3,(H,25,30)(H,26,29)(H,27,28)/t21-/m0/s1. The molecule has 34 heavy (non-hydrogen) atoms. The molecule has 1 aliphatic rings. The molecule has 9 nitrogen and oxygen atoms in total. The van der Waals surface area contributed by atoms with Crippen LogP contribution in [0.4, 0.5) is 5.69 Å². The number of nitrogens with zero attached hydrogens (tertiary/aromatic N) is 1. The van der Waals surface area contributed by atoms with Crippen molar-refractivity contribution >= 4 is 33.4 Å². The average Bonchev–Trinajstić information content (AvgIpc) is 3.43. The highest BCUT2D eigenvalue weighted by Gasteiger charge is 2.32. The van der Waals surface area contributed by atoms with Crippen molar-refractivity contribution in [1.29, 1.82) is 0 Å². The number of sulfonamides is 1. The molecule has 3 N–H and O–H groups in total. The monoisotopic (exact) mass is 480 g/mol. The van der Waals surface area contributed by atoms with Crippen LogP contribution in [-0.2, 0) is 21.4 Å². The van der Waals surface area contributed by atoms with Gasteiger partial charge in [-0.15, -0.1) is 0 Å². The molecule has 0 saturated heterocycles. The van der Waals surface area contributed by atoms with Gasteiger partial charge in [0, 0.05) is 17.8 Å². The van der Waals surface area contributed by atoms with E-state index >= 15 is 0 Å². The summed E-state index contributed by atoms with van der Waals surface area (Å²) < 4.78 is 32.2. The Labute approximate surface area is 197 Å². The van der Waals surface area contributed by atoms with E-state index < -0.39 is 16.1 Å². The van der Waals surface area contributed by atoms with Gasteiger partial charge in [-0.2, -0.15) is 0 Å². The molecule has 0 saturated carbocycles. The number of carbonyl (C=O) groups is 2. The van der Waals surface area contributed by atoms with E-state index in [0.717, 1.165) is 5.56 Å². The number of hydrogen-bond donors (Lipinski definition) is 3. The number of fused-ring (bicyclic) bond motifs is 1. The minimum atomic E-state index is -3.69. The van der Waals surface area contributed by atoms with Gasteiger partial charge in [-0.25, -0.2) is 8.42 Å². The van der Waals surface area contributed by atoms with Crippen LogP contribution in [0.15, 0.2) is 81.2 Å². The number of hydrogen-bond acceptors (Lipinski definition) is 6. The number of benzene rings is 2. The molecule has 0 fully saturated rings. The molecular formula is C24H24N4O5S. The van der Waals surface area contributed by atoms with Crippen LogP contribution >= 0.6 is 0 Å². The normalized spacial score (nSPS) is 16.0. The summed E-state index contributed by atoms with van der Waals surface area (Å²) in [4.78, 5) is 29.7. The molecule has 2 heterocycles.